The number of nitrogens with zero attached hydrogens (tertiary/aromatic N) is 1. The zero-order chi connectivity index (χ0) is 17.9. The van der Waals surface area contributed by atoms with Gasteiger partial charge in [0.2, 0.25) is 5.91 Å². The van der Waals surface area contributed by atoms with Gasteiger partial charge in [-0.3, -0.25) is 9.59 Å². The molecule has 134 valence electrons. The van der Waals surface area contributed by atoms with E-state index >= 15 is 0 Å². The molecule has 4 rings (SSSR count). The number of hydrogen-bond donors (Lipinski definition) is 1. The molecule has 0 radical (unpaired) electrons. The molecule has 2 aromatic carbocycles. The Kier molecular flexibility index (Phi) is 4.74. The first-order valence-electron chi connectivity index (χ1n) is 9.53. The minimum Gasteiger partial charge on any atom is -0.326 e. The fraction of sp³-hybridized carbons (Fsp3) is 0.364. The van der Waals surface area contributed by atoms with Crippen LogP contribution in [0.15, 0.2) is 48.5 Å². The van der Waals surface area contributed by atoms with Crippen molar-refractivity contribution in [3.63, 3.8) is 0 Å². The minimum atomic E-state index is 0.0140. The van der Waals surface area contributed by atoms with Crippen molar-refractivity contribution in [3.05, 3.63) is 59.7 Å². The van der Waals surface area contributed by atoms with Crippen molar-refractivity contribution in [2.75, 3.05) is 16.8 Å². The molecule has 0 saturated heterocycles. The average Bonchev–Trinajstić information content (AvgIpc) is 3.13. The second kappa shape index (κ2) is 7.32. The molecule has 4 heteroatoms. The van der Waals surface area contributed by atoms with E-state index in [0.29, 0.717) is 5.56 Å². The highest BCUT2D eigenvalue weighted by Crippen LogP contribution is 2.29. The minimum absolute atomic E-state index is 0.0140. The molecule has 1 fully saturated rings. The van der Waals surface area contributed by atoms with Gasteiger partial charge in [-0.2, -0.15) is 0 Å². The van der Waals surface area contributed by atoms with Gasteiger partial charge in [0.1, 0.15) is 0 Å². The van der Waals surface area contributed by atoms with E-state index in [-0.39, 0.29) is 17.7 Å². The molecule has 4 nitrogen and oxygen atoms in total. The van der Waals surface area contributed by atoms with Crippen LogP contribution in [0.3, 0.4) is 0 Å². The summed E-state index contributed by atoms with van der Waals surface area (Å²) in [5.41, 5.74) is 3.64. The van der Waals surface area contributed by atoms with Crippen LogP contribution in [-0.4, -0.2) is 18.4 Å². The Labute approximate surface area is 154 Å². The second-order valence-corrected chi connectivity index (χ2v) is 7.24. The van der Waals surface area contributed by atoms with Crippen LogP contribution in [0.2, 0.25) is 0 Å². The molecule has 1 saturated carbocycles. The van der Waals surface area contributed by atoms with E-state index in [1.54, 1.807) is 12.1 Å². The molecule has 0 bridgehead atoms. The lowest BCUT2D eigenvalue weighted by Crippen LogP contribution is -2.29. The monoisotopic (exact) mass is 348 g/mol. The third-order valence-electron chi connectivity index (χ3n) is 5.51. The number of para-hydroxylation sites is 1. The third-order valence-corrected chi connectivity index (χ3v) is 5.51. The molecule has 1 N–H and O–H groups in total. The Morgan fingerprint density at radius 2 is 1.65 bits per heavy atom. The van der Waals surface area contributed by atoms with Crippen molar-refractivity contribution >= 4 is 23.2 Å². The molecular weight excluding hydrogens is 324 g/mol. The third kappa shape index (κ3) is 3.36. The van der Waals surface area contributed by atoms with Gasteiger partial charge < -0.3 is 10.2 Å². The van der Waals surface area contributed by atoms with Crippen LogP contribution in [0, 0.1) is 5.92 Å². The van der Waals surface area contributed by atoms with Crippen molar-refractivity contribution in [1.29, 1.82) is 0 Å². The van der Waals surface area contributed by atoms with E-state index in [9.17, 15) is 9.59 Å². The number of carbonyl (C=O) groups excluding carboxylic acids is 2. The Balaban J connectivity index is 1.43. The highest BCUT2D eigenvalue weighted by atomic mass is 16.2. The van der Waals surface area contributed by atoms with Gasteiger partial charge in [-0.25, -0.2) is 0 Å². The number of carbonyl (C=O) groups is 2. The fourth-order valence-corrected chi connectivity index (χ4v) is 4.01. The first kappa shape index (κ1) is 16.8. The fourth-order valence-electron chi connectivity index (χ4n) is 4.01. The molecule has 0 spiro atoms. The van der Waals surface area contributed by atoms with Crippen LogP contribution >= 0.6 is 0 Å². The topological polar surface area (TPSA) is 49.4 Å². The Hall–Kier alpha value is -2.62. The van der Waals surface area contributed by atoms with Crippen LogP contribution in [-0.2, 0) is 11.2 Å². The Bertz CT molecular complexity index is 807. The predicted octanol–water partition coefficient (Wildman–Crippen LogP) is 4.41. The van der Waals surface area contributed by atoms with E-state index in [4.69, 9.17) is 0 Å². The summed E-state index contributed by atoms with van der Waals surface area (Å²) in [4.78, 5) is 27.0. The van der Waals surface area contributed by atoms with Crippen molar-refractivity contribution < 1.29 is 9.59 Å². The quantitative estimate of drug-likeness (QED) is 0.893. The predicted molar refractivity (Wildman–Crippen MR) is 103 cm³/mol. The molecular formula is C22H24N2O2. The van der Waals surface area contributed by atoms with Crippen molar-refractivity contribution in [1.82, 2.24) is 0 Å². The summed E-state index contributed by atoms with van der Waals surface area (Å²) in [6.45, 7) is 0.721. The van der Waals surface area contributed by atoms with E-state index in [0.717, 1.165) is 50.0 Å². The normalized spacial score (nSPS) is 17.0. The molecule has 2 aromatic rings. The molecule has 1 aliphatic carbocycles. The molecule has 1 aliphatic heterocycles. The molecule has 2 aliphatic rings. The van der Waals surface area contributed by atoms with E-state index < -0.39 is 0 Å². The maximum atomic E-state index is 12.8. The highest BCUT2D eigenvalue weighted by Gasteiger charge is 2.25. The summed E-state index contributed by atoms with van der Waals surface area (Å²) in [7, 11) is 0. The molecule has 0 aromatic heterocycles. The lowest BCUT2D eigenvalue weighted by molar-refractivity contribution is -0.120. The van der Waals surface area contributed by atoms with Gasteiger partial charge in [0.25, 0.3) is 5.91 Å². The zero-order valence-electron chi connectivity index (χ0n) is 14.9. The lowest BCUT2D eigenvalue weighted by atomic mass is 9.88. The van der Waals surface area contributed by atoms with Crippen LogP contribution in [0.1, 0.15) is 48.0 Å². The summed E-state index contributed by atoms with van der Waals surface area (Å²) in [5.74, 6) is 0.253. The van der Waals surface area contributed by atoms with Gasteiger partial charge in [-0.1, -0.05) is 37.5 Å². The first-order chi connectivity index (χ1) is 12.7. The standard InChI is InChI=1S/C22H24N2O2/c25-21(17-7-2-1-3-8-17)23-19-12-10-18(11-13-19)22(26)24-15-14-16-6-4-5-9-20(16)24/h4-6,9-13,17H,1-3,7-8,14-15H2,(H,23,25). The highest BCUT2D eigenvalue weighted by molar-refractivity contribution is 6.07. The number of hydrogen-bond acceptors (Lipinski definition) is 2. The van der Waals surface area contributed by atoms with Crippen molar-refractivity contribution in [3.8, 4) is 0 Å². The Morgan fingerprint density at radius 3 is 2.42 bits per heavy atom. The lowest BCUT2D eigenvalue weighted by Gasteiger charge is -2.21. The first-order valence-corrected chi connectivity index (χ1v) is 9.53. The Morgan fingerprint density at radius 1 is 0.923 bits per heavy atom. The number of fused-ring (bicyclic) bond motifs is 1. The van der Waals surface area contributed by atoms with Gasteiger partial charge in [-0.15, -0.1) is 0 Å². The molecule has 1 heterocycles. The smallest absolute Gasteiger partial charge is 0.258 e. The van der Waals surface area contributed by atoms with E-state index in [1.165, 1.54) is 12.0 Å². The number of benzene rings is 2. The zero-order valence-corrected chi connectivity index (χ0v) is 14.9. The van der Waals surface area contributed by atoms with E-state index in [1.807, 2.05) is 35.2 Å². The maximum absolute atomic E-state index is 12.8. The van der Waals surface area contributed by atoms with Crippen LogP contribution in [0.4, 0.5) is 11.4 Å². The second-order valence-electron chi connectivity index (χ2n) is 7.24. The molecule has 0 atom stereocenters. The summed E-state index contributed by atoms with van der Waals surface area (Å²) in [5, 5.41) is 3.00. The van der Waals surface area contributed by atoms with Gasteiger partial charge in [0.05, 0.1) is 0 Å². The summed E-state index contributed by atoms with van der Waals surface area (Å²) in [6, 6.07) is 15.3. The number of anilines is 2. The SMILES string of the molecule is O=C(Nc1ccc(C(=O)N2CCc3ccccc32)cc1)C1CCCCC1. The molecule has 2 amide bonds. The number of rotatable bonds is 3. The van der Waals surface area contributed by atoms with Crippen LogP contribution in [0.25, 0.3) is 0 Å². The van der Waals surface area contributed by atoms with Crippen molar-refractivity contribution in [2.24, 2.45) is 5.92 Å². The molecule has 0 unspecified atom stereocenters. The molecule has 26 heavy (non-hydrogen) atoms. The van der Waals surface area contributed by atoms with E-state index in [2.05, 4.69) is 11.4 Å². The van der Waals surface area contributed by atoms with Crippen molar-refractivity contribution in [2.45, 2.75) is 38.5 Å². The largest absolute Gasteiger partial charge is 0.326 e. The number of nitrogens with one attached hydrogen (secondary N) is 1. The maximum Gasteiger partial charge on any atom is 0.258 e. The average molecular weight is 348 g/mol. The number of amides is 2. The van der Waals surface area contributed by atoms with Gasteiger partial charge in [0.15, 0.2) is 0 Å². The van der Waals surface area contributed by atoms with Crippen LogP contribution in [0.5, 0.6) is 0 Å². The summed E-state index contributed by atoms with van der Waals surface area (Å²) in [6.07, 6.45) is 6.39. The summed E-state index contributed by atoms with van der Waals surface area (Å²) < 4.78 is 0. The van der Waals surface area contributed by atoms with Crippen LogP contribution < -0.4 is 10.2 Å². The van der Waals surface area contributed by atoms with Gasteiger partial charge in [0, 0.05) is 29.4 Å². The van der Waals surface area contributed by atoms with Gasteiger partial charge >= 0.3 is 0 Å². The van der Waals surface area contributed by atoms with Gasteiger partial charge in [-0.05, 0) is 55.2 Å². The summed E-state index contributed by atoms with van der Waals surface area (Å²) >= 11 is 0.